The van der Waals surface area contributed by atoms with Crippen LogP contribution >= 0.6 is 0 Å². The standard InChI is InChI=1S/C13H18F2N2O/c1-12(2,3)13(14,15)9-16-11(18)17-10-7-5-4-6-8-10/h4-8H,9H2,1-3H3,(H2,16,17,18). The molecule has 0 atom stereocenters. The van der Waals surface area contributed by atoms with Crippen molar-refractivity contribution in [2.45, 2.75) is 26.7 Å². The molecule has 0 saturated heterocycles. The second-order valence-corrected chi connectivity index (χ2v) is 5.13. The molecule has 0 aliphatic carbocycles. The molecule has 18 heavy (non-hydrogen) atoms. The van der Waals surface area contributed by atoms with Gasteiger partial charge in [0, 0.05) is 11.1 Å². The van der Waals surface area contributed by atoms with Crippen LogP contribution in [0.25, 0.3) is 0 Å². The Morgan fingerprint density at radius 3 is 2.22 bits per heavy atom. The van der Waals surface area contributed by atoms with E-state index in [0.29, 0.717) is 5.69 Å². The van der Waals surface area contributed by atoms with Crippen molar-refractivity contribution in [2.24, 2.45) is 5.41 Å². The molecule has 0 saturated carbocycles. The Labute approximate surface area is 106 Å². The first-order valence-corrected chi connectivity index (χ1v) is 5.70. The number of benzene rings is 1. The topological polar surface area (TPSA) is 41.1 Å². The maximum absolute atomic E-state index is 13.6. The fourth-order valence-electron chi connectivity index (χ4n) is 1.15. The third-order valence-electron chi connectivity index (χ3n) is 2.60. The summed E-state index contributed by atoms with van der Waals surface area (Å²) in [5.41, 5.74) is -0.624. The second kappa shape index (κ2) is 5.33. The number of nitrogens with one attached hydrogen (secondary N) is 2. The van der Waals surface area contributed by atoms with Crippen LogP contribution in [-0.4, -0.2) is 18.5 Å². The molecule has 5 heteroatoms. The minimum atomic E-state index is -2.96. The summed E-state index contributed by atoms with van der Waals surface area (Å²) >= 11 is 0. The lowest BCUT2D eigenvalue weighted by Gasteiger charge is -2.30. The van der Waals surface area contributed by atoms with Crippen LogP contribution < -0.4 is 10.6 Å². The molecule has 100 valence electrons. The van der Waals surface area contributed by atoms with Gasteiger partial charge < -0.3 is 10.6 Å². The lowest BCUT2D eigenvalue weighted by Crippen LogP contribution is -2.46. The van der Waals surface area contributed by atoms with Crippen LogP contribution in [0, 0.1) is 5.41 Å². The minimum Gasteiger partial charge on any atom is -0.332 e. The third-order valence-corrected chi connectivity index (χ3v) is 2.60. The van der Waals surface area contributed by atoms with E-state index in [1.807, 2.05) is 0 Å². The molecule has 1 aromatic rings. The van der Waals surface area contributed by atoms with Gasteiger partial charge in [0.25, 0.3) is 5.92 Å². The molecule has 0 fully saturated rings. The van der Waals surface area contributed by atoms with Crippen molar-refractivity contribution in [3.05, 3.63) is 30.3 Å². The fourth-order valence-corrected chi connectivity index (χ4v) is 1.15. The van der Waals surface area contributed by atoms with E-state index in [1.165, 1.54) is 20.8 Å². The van der Waals surface area contributed by atoms with Gasteiger partial charge in [0.1, 0.15) is 0 Å². The summed E-state index contributed by atoms with van der Waals surface area (Å²) in [7, 11) is 0. The molecule has 0 spiro atoms. The number of halogens is 2. The van der Waals surface area contributed by atoms with Crippen LogP contribution in [0.1, 0.15) is 20.8 Å². The summed E-state index contributed by atoms with van der Waals surface area (Å²) in [4.78, 5) is 11.4. The Balaban J connectivity index is 2.48. The van der Waals surface area contributed by atoms with Crippen molar-refractivity contribution >= 4 is 11.7 Å². The average molecular weight is 256 g/mol. The summed E-state index contributed by atoms with van der Waals surface area (Å²) in [5.74, 6) is -2.96. The number of urea groups is 1. The quantitative estimate of drug-likeness (QED) is 0.854. The van der Waals surface area contributed by atoms with Gasteiger partial charge in [0.2, 0.25) is 0 Å². The minimum absolute atomic E-state index is 0.564. The van der Waals surface area contributed by atoms with Crippen molar-refractivity contribution in [3.63, 3.8) is 0 Å². The third kappa shape index (κ3) is 3.98. The Bertz CT molecular complexity index is 399. The Kier molecular flexibility index (Phi) is 4.27. The SMILES string of the molecule is CC(C)(C)C(F)(F)CNC(=O)Nc1ccccc1. The van der Waals surface area contributed by atoms with Gasteiger partial charge in [0.15, 0.2) is 0 Å². The molecule has 0 heterocycles. The zero-order valence-electron chi connectivity index (χ0n) is 10.8. The lowest BCUT2D eigenvalue weighted by molar-refractivity contribution is -0.0910. The molecule has 2 amide bonds. The van der Waals surface area contributed by atoms with E-state index in [1.54, 1.807) is 30.3 Å². The Morgan fingerprint density at radius 2 is 1.72 bits per heavy atom. The summed E-state index contributed by atoms with van der Waals surface area (Å²) < 4.78 is 27.2. The summed E-state index contributed by atoms with van der Waals surface area (Å²) in [6.07, 6.45) is 0. The van der Waals surface area contributed by atoms with Gasteiger partial charge in [0.05, 0.1) is 6.54 Å². The Morgan fingerprint density at radius 1 is 1.17 bits per heavy atom. The highest BCUT2D eigenvalue weighted by molar-refractivity contribution is 5.89. The van der Waals surface area contributed by atoms with E-state index in [-0.39, 0.29) is 0 Å². The zero-order valence-corrected chi connectivity index (χ0v) is 10.8. The zero-order chi connectivity index (χ0) is 13.8. The molecule has 1 aromatic carbocycles. The van der Waals surface area contributed by atoms with E-state index in [2.05, 4.69) is 10.6 Å². The normalized spacial score (nSPS) is 12.1. The number of alkyl halides is 2. The van der Waals surface area contributed by atoms with Gasteiger partial charge in [-0.1, -0.05) is 39.0 Å². The maximum atomic E-state index is 13.6. The number of hydrogen-bond acceptors (Lipinski definition) is 1. The van der Waals surface area contributed by atoms with Crippen molar-refractivity contribution < 1.29 is 13.6 Å². The van der Waals surface area contributed by atoms with Crippen LogP contribution in [0.5, 0.6) is 0 Å². The van der Waals surface area contributed by atoms with Gasteiger partial charge in [-0.3, -0.25) is 0 Å². The monoisotopic (exact) mass is 256 g/mol. The summed E-state index contributed by atoms with van der Waals surface area (Å²) in [5, 5.41) is 4.66. The first-order valence-electron chi connectivity index (χ1n) is 5.70. The van der Waals surface area contributed by atoms with Gasteiger partial charge >= 0.3 is 6.03 Å². The van der Waals surface area contributed by atoms with Crippen molar-refractivity contribution in [1.29, 1.82) is 0 Å². The molecule has 2 N–H and O–H groups in total. The first kappa shape index (κ1) is 14.4. The van der Waals surface area contributed by atoms with Gasteiger partial charge in [-0.15, -0.1) is 0 Å². The molecule has 0 bridgehead atoms. The molecular weight excluding hydrogens is 238 g/mol. The molecule has 0 aromatic heterocycles. The van der Waals surface area contributed by atoms with E-state index < -0.39 is 23.9 Å². The van der Waals surface area contributed by atoms with Gasteiger partial charge in [-0.05, 0) is 12.1 Å². The van der Waals surface area contributed by atoms with Crippen LogP contribution in [-0.2, 0) is 0 Å². The average Bonchev–Trinajstić information content (AvgIpc) is 2.26. The first-order chi connectivity index (χ1) is 8.22. The highest BCUT2D eigenvalue weighted by Crippen LogP contribution is 2.34. The smallest absolute Gasteiger partial charge is 0.319 e. The van der Waals surface area contributed by atoms with Crippen LogP contribution in [0.3, 0.4) is 0 Å². The molecule has 0 aliphatic heterocycles. The number of anilines is 1. The lowest BCUT2D eigenvalue weighted by atomic mass is 9.88. The molecule has 0 unspecified atom stereocenters. The fraction of sp³-hybridized carbons (Fsp3) is 0.462. The van der Waals surface area contributed by atoms with Crippen LogP contribution in [0.2, 0.25) is 0 Å². The highest BCUT2D eigenvalue weighted by atomic mass is 19.3. The van der Waals surface area contributed by atoms with Crippen molar-refractivity contribution in [1.82, 2.24) is 5.32 Å². The number of carbonyl (C=O) groups excluding carboxylic acids is 1. The van der Waals surface area contributed by atoms with E-state index in [4.69, 9.17) is 0 Å². The van der Waals surface area contributed by atoms with E-state index >= 15 is 0 Å². The van der Waals surface area contributed by atoms with Crippen molar-refractivity contribution in [3.8, 4) is 0 Å². The van der Waals surface area contributed by atoms with Gasteiger partial charge in [-0.25, -0.2) is 13.6 Å². The number of carbonyl (C=O) groups is 1. The van der Waals surface area contributed by atoms with Crippen molar-refractivity contribution in [2.75, 3.05) is 11.9 Å². The second-order valence-electron chi connectivity index (χ2n) is 5.13. The van der Waals surface area contributed by atoms with E-state index in [9.17, 15) is 13.6 Å². The number of hydrogen-bond donors (Lipinski definition) is 2. The van der Waals surface area contributed by atoms with E-state index in [0.717, 1.165) is 0 Å². The van der Waals surface area contributed by atoms with Crippen LogP contribution in [0.4, 0.5) is 19.3 Å². The summed E-state index contributed by atoms with van der Waals surface area (Å²) in [6, 6.07) is 8.03. The number of rotatable bonds is 3. The van der Waals surface area contributed by atoms with Gasteiger partial charge in [-0.2, -0.15) is 0 Å². The molecule has 1 rings (SSSR count). The van der Waals surface area contributed by atoms with Crippen LogP contribution in [0.15, 0.2) is 30.3 Å². The summed E-state index contributed by atoms with van der Waals surface area (Å²) in [6.45, 7) is 3.62. The number of amides is 2. The largest absolute Gasteiger partial charge is 0.332 e. The maximum Gasteiger partial charge on any atom is 0.319 e. The molecular formula is C13H18F2N2O. The molecule has 0 radical (unpaired) electrons. The molecule has 3 nitrogen and oxygen atoms in total. The Hall–Kier alpha value is -1.65. The predicted octanol–water partition coefficient (Wildman–Crippen LogP) is 3.49. The number of para-hydroxylation sites is 1. The predicted molar refractivity (Wildman–Crippen MR) is 67.9 cm³/mol. The molecule has 0 aliphatic rings. The highest BCUT2D eigenvalue weighted by Gasteiger charge is 2.42.